The highest BCUT2D eigenvalue weighted by molar-refractivity contribution is 7.89. The molecule has 1 fully saturated rings. The predicted octanol–water partition coefficient (Wildman–Crippen LogP) is 4.59. The van der Waals surface area contributed by atoms with Crippen LogP contribution < -0.4 is 10.1 Å². The van der Waals surface area contributed by atoms with Gasteiger partial charge in [-0.15, -0.1) is 0 Å². The van der Waals surface area contributed by atoms with Crippen molar-refractivity contribution in [2.75, 3.05) is 20.2 Å². The van der Waals surface area contributed by atoms with E-state index in [4.69, 9.17) is 4.74 Å². The van der Waals surface area contributed by atoms with Gasteiger partial charge in [0.15, 0.2) is 0 Å². The quantitative estimate of drug-likeness (QED) is 0.610. The van der Waals surface area contributed by atoms with E-state index in [-0.39, 0.29) is 28.7 Å². The van der Waals surface area contributed by atoms with Gasteiger partial charge >= 0.3 is 0 Å². The number of hydrogen-bond donors (Lipinski definition) is 1. The van der Waals surface area contributed by atoms with Crippen molar-refractivity contribution in [2.45, 2.75) is 69.7 Å². The van der Waals surface area contributed by atoms with Gasteiger partial charge in [-0.1, -0.05) is 45.0 Å². The number of sulfonamides is 1. The number of carbonyl (C=O) groups excluding carboxylic acids is 1. The van der Waals surface area contributed by atoms with Crippen molar-refractivity contribution in [1.82, 2.24) is 9.62 Å². The zero-order valence-corrected chi connectivity index (χ0v) is 21.2. The Bertz CT molecular complexity index is 1070. The van der Waals surface area contributed by atoms with E-state index < -0.39 is 10.0 Å². The third-order valence-electron chi connectivity index (χ3n) is 6.23. The van der Waals surface area contributed by atoms with Gasteiger partial charge in [0.25, 0.3) is 0 Å². The number of rotatable bonds is 8. The van der Waals surface area contributed by atoms with E-state index in [0.29, 0.717) is 25.3 Å². The lowest BCUT2D eigenvalue weighted by molar-refractivity contribution is -0.121. The second-order valence-corrected chi connectivity index (χ2v) is 11.7. The Balaban J connectivity index is 1.65. The van der Waals surface area contributed by atoms with E-state index in [0.717, 1.165) is 24.0 Å². The molecule has 1 aliphatic rings. The van der Waals surface area contributed by atoms with Crippen molar-refractivity contribution in [1.29, 1.82) is 0 Å². The van der Waals surface area contributed by atoms with Crippen LogP contribution in [0, 0.1) is 0 Å². The van der Waals surface area contributed by atoms with Gasteiger partial charge in [0.2, 0.25) is 15.9 Å². The fourth-order valence-electron chi connectivity index (χ4n) is 4.11. The summed E-state index contributed by atoms with van der Waals surface area (Å²) >= 11 is 0. The van der Waals surface area contributed by atoms with Crippen LogP contribution >= 0.6 is 0 Å². The Morgan fingerprint density at radius 3 is 2.30 bits per heavy atom. The van der Waals surface area contributed by atoms with Gasteiger partial charge in [-0.05, 0) is 66.5 Å². The molecule has 1 N–H and O–H groups in total. The molecule has 1 atom stereocenters. The first-order valence-electron chi connectivity index (χ1n) is 11.6. The van der Waals surface area contributed by atoms with Crippen LogP contribution in [-0.4, -0.2) is 38.8 Å². The molecule has 0 radical (unpaired) electrons. The molecule has 1 aliphatic heterocycles. The fraction of sp³-hybridized carbons (Fsp3) is 0.500. The Morgan fingerprint density at radius 1 is 1.09 bits per heavy atom. The largest absolute Gasteiger partial charge is 0.496 e. The molecule has 0 saturated carbocycles. The second-order valence-electron chi connectivity index (χ2n) is 9.75. The molecular weight excluding hydrogens is 436 g/mol. The van der Waals surface area contributed by atoms with E-state index in [2.05, 4.69) is 50.4 Å². The minimum absolute atomic E-state index is 0.0842. The normalized spacial score (nSPS) is 15.9. The molecule has 180 valence electrons. The van der Waals surface area contributed by atoms with Gasteiger partial charge in [-0.2, -0.15) is 4.31 Å². The van der Waals surface area contributed by atoms with Gasteiger partial charge in [0, 0.05) is 19.5 Å². The lowest BCUT2D eigenvalue weighted by Gasteiger charge is -2.21. The Hall–Kier alpha value is -2.38. The van der Waals surface area contributed by atoms with Crippen LogP contribution in [-0.2, 0) is 26.7 Å². The van der Waals surface area contributed by atoms with Crippen LogP contribution in [0.1, 0.15) is 69.7 Å². The molecule has 2 aromatic carbocycles. The first-order valence-corrected chi connectivity index (χ1v) is 13.0. The smallest absolute Gasteiger partial charge is 0.243 e. The Kier molecular flexibility index (Phi) is 7.85. The maximum atomic E-state index is 12.9. The van der Waals surface area contributed by atoms with Crippen molar-refractivity contribution >= 4 is 15.9 Å². The van der Waals surface area contributed by atoms with Crippen molar-refractivity contribution in [3.63, 3.8) is 0 Å². The van der Waals surface area contributed by atoms with Crippen molar-refractivity contribution < 1.29 is 17.9 Å². The average Bonchev–Trinajstić information content (AvgIpc) is 3.33. The molecule has 6 nitrogen and oxygen atoms in total. The SMILES string of the molecule is COc1ccc(S(=O)(=O)N2CCCC2)cc1CCC(=O)N[C@H](C)c1ccc(C(C)(C)C)cc1. The lowest BCUT2D eigenvalue weighted by Crippen LogP contribution is -2.28. The van der Waals surface area contributed by atoms with Crippen LogP contribution in [0.3, 0.4) is 0 Å². The molecular formula is C26H36N2O4S. The maximum absolute atomic E-state index is 12.9. The third kappa shape index (κ3) is 6.15. The fourth-order valence-corrected chi connectivity index (χ4v) is 5.67. The number of nitrogens with zero attached hydrogens (tertiary/aromatic N) is 1. The number of benzene rings is 2. The standard InChI is InChI=1S/C26H36N2O4S/c1-19(20-8-11-22(12-9-20)26(2,3)4)27-25(29)15-10-21-18-23(13-14-24(21)32-5)33(30,31)28-16-6-7-17-28/h8-9,11-14,18-19H,6-7,10,15-17H2,1-5H3,(H,27,29)/t19-/m1/s1. The van der Waals surface area contributed by atoms with Gasteiger partial charge in [0.1, 0.15) is 5.75 Å². The topological polar surface area (TPSA) is 75.7 Å². The number of amides is 1. The maximum Gasteiger partial charge on any atom is 0.243 e. The molecule has 0 aromatic heterocycles. The summed E-state index contributed by atoms with van der Waals surface area (Å²) < 4.78 is 32.8. The number of aryl methyl sites for hydroxylation is 1. The number of ether oxygens (including phenoxy) is 1. The highest BCUT2D eigenvalue weighted by Gasteiger charge is 2.28. The molecule has 0 aliphatic carbocycles. The molecule has 1 saturated heterocycles. The minimum atomic E-state index is -3.52. The predicted molar refractivity (Wildman–Crippen MR) is 131 cm³/mol. The summed E-state index contributed by atoms with van der Waals surface area (Å²) in [5.41, 5.74) is 3.10. The summed E-state index contributed by atoms with van der Waals surface area (Å²) in [6.45, 7) is 9.60. The number of hydrogen-bond acceptors (Lipinski definition) is 4. The van der Waals surface area contributed by atoms with Crippen LogP contribution in [0.15, 0.2) is 47.4 Å². The average molecular weight is 473 g/mol. The van der Waals surface area contributed by atoms with E-state index in [1.807, 2.05) is 6.92 Å². The summed E-state index contributed by atoms with van der Waals surface area (Å²) in [5, 5.41) is 3.05. The van der Waals surface area contributed by atoms with Gasteiger partial charge in [-0.3, -0.25) is 4.79 Å². The van der Waals surface area contributed by atoms with Crippen LogP contribution in [0.2, 0.25) is 0 Å². The van der Waals surface area contributed by atoms with Crippen molar-refractivity contribution in [3.05, 3.63) is 59.2 Å². The molecule has 3 rings (SSSR count). The number of carbonyl (C=O) groups is 1. The molecule has 7 heteroatoms. The first-order chi connectivity index (χ1) is 15.5. The lowest BCUT2D eigenvalue weighted by atomic mass is 9.86. The summed E-state index contributed by atoms with van der Waals surface area (Å²) in [7, 11) is -1.96. The minimum Gasteiger partial charge on any atom is -0.496 e. The summed E-state index contributed by atoms with van der Waals surface area (Å²) in [4.78, 5) is 12.9. The van der Waals surface area contributed by atoms with Crippen LogP contribution in [0.4, 0.5) is 0 Å². The van der Waals surface area contributed by atoms with E-state index in [1.165, 1.54) is 9.87 Å². The summed E-state index contributed by atoms with van der Waals surface area (Å²) in [6.07, 6.45) is 2.42. The van der Waals surface area contributed by atoms with E-state index in [1.54, 1.807) is 25.3 Å². The molecule has 0 bridgehead atoms. The molecule has 0 spiro atoms. The summed E-state index contributed by atoms with van der Waals surface area (Å²) in [6, 6.07) is 13.1. The van der Waals surface area contributed by atoms with Gasteiger partial charge in [0.05, 0.1) is 18.0 Å². The highest BCUT2D eigenvalue weighted by Crippen LogP contribution is 2.28. The first kappa shape index (κ1) is 25.2. The molecule has 33 heavy (non-hydrogen) atoms. The molecule has 1 heterocycles. The van der Waals surface area contributed by atoms with Gasteiger partial charge in [-0.25, -0.2) is 8.42 Å². The highest BCUT2D eigenvalue weighted by atomic mass is 32.2. The van der Waals surface area contributed by atoms with E-state index in [9.17, 15) is 13.2 Å². The van der Waals surface area contributed by atoms with E-state index >= 15 is 0 Å². The molecule has 2 aromatic rings. The van der Waals surface area contributed by atoms with Crippen molar-refractivity contribution in [3.8, 4) is 5.75 Å². The molecule has 0 unspecified atom stereocenters. The zero-order chi connectivity index (χ0) is 24.2. The number of nitrogens with one attached hydrogen (secondary N) is 1. The molecule has 1 amide bonds. The van der Waals surface area contributed by atoms with Crippen LogP contribution in [0.5, 0.6) is 5.75 Å². The summed E-state index contributed by atoms with van der Waals surface area (Å²) in [5.74, 6) is 0.506. The Labute approximate surface area is 198 Å². The monoisotopic (exact) mass is 472 g/mol. The van der Waals surface area contributed by atoms with Crippen LogP contribution in [0.25, 0.3) is 0 Å². The van der Waals surface area contributed by atoms with Gasteiger partial charge < -0.3 is 10.1 Å². The second kappa shape index (κ2) is 10.3. The number of methoxy groups -OCH3 is 1. The van der Waals surface area contributed by atoms with Crippen molar-refractivity contribution in [2.24, 2.45) is 0 Å². The zero-order valence-electron chi connectivity index (χ0n) is 20.3. The third-order valence-corrected chi connectivity index (χ3v) is 8.12. The Morgan fingerprint density at radius 2 is 1.73 bits per heavy atom.